The summed E-state index contributed by atoms with van der Waals surface area (Å²) in [6, 6.07) is 3.54. The van der Waals surface area contributed by atoms with Crippen molar-refractivity contribution >= 4 is 23.1 Å². The second kappa shape index (κ2) is 5.76. The number of hydrogen-bond donors (Lipinski definition) is 1. The molecule has 5 heteroatoms. The van der Waals surface area contributed by atoms with Crippen molar-refractivity contribution in [2.75, 3.05) is 44.4 Å². The molecule has 1 aliphatic heterocycles. The van der Waals surface area contributed by atoms with Crippen molar-refractivity contribution in [3.05, 3.63) is 17.3 Å². The quantitative estimate of drug-likeness (QED) is 0.853. The first-order valence-electron chi connectivity index (χ1n) is 6.38. The van der Waals surface area contributed by atoms with E-state index in [0.29, 0.717) is 16.8 Å². The van der Waals surface area contributed by atoms with Crippen molar-refractivity contribution < 1.29 is 0 Å². The molecular weight excluding hydrogens is 248 g/mol. The second-order valence-electron chi connectivity index (χ2n) is 5.17. The lowest BCUT2D eigenvalue weighted by molar-refractivity contribution is 0.222. The maximum absolute atomic E-state index is 5.95. The fourth-order valence-electron chi connectivity index (χ4n) is 2.46. The molecule has 100 valence electrons. The minimum Gasteiger partial charge on any atom is -0.396 e. The molecule has 0 radical (unpaired) electrons. The zero-order chi connectivity index (χ0) is 13.1. The van der Waals surface area contributed by atoms with Crippen molar-refractivity contribution in [3.8, 4) is 0 Å². The van der Waals surface area contributed by atoms with Crippen LogP contribution in [0, 0.1) is 5.92 Å². The van der Waals surface area contributed by atoms with E-state index in [2.05, 4.69) is 21.8 Å². The van der Waals surface area contributed by atoms with Crippen LogP contribution in [0.4, 0.5) is 11.5 Å². The highest BCUT2D eigenvalue weighted by atomic mass is 35.5. The van der Waals surface area contributed by atoms with Crippen molar-refractivity contribution in [1.82, 2.24) is 9.88 Å². The third-order valence-corrected chi connectivity index (χ3v) is 3.81. The van der Waals surface area contributed by atoms with Gasteiger partial charge < -0.3 is 15.5 Å². The largest absolute Gasteiger partial charge is 0.396 e. The summed E-state index contributed by atoms with van der Waals surface area (Å²) in [5.41, 5.74) is 6.64. The number of aromatic nitrogens is 1. The van der Waals surface area contributed by atoms with Crippen LogP contribution in [0.25, 0.3) is 0 Å². The molecule has 1 fully saturated rings. The van der Waals surface area contributed by atoms with E-state index < -0.39 is 0 Å². The SMILES string of the molecule is CN1CCC(CN(C)c2nc(Cl)ccc2N)CC1. The van der Waals surface area contributed by atoms with E-state index in [1.807, 2.05) is 13.1 Å². The van der Waals surface area contributed by atoms with Crippen LogP contribution >= 0.6 is 11.6 Å². The zero-order valence-electron chi connectivity index (χ0n) is 11.1. The molecule has 2 heterocycles. The number of pyridine rings is 1. The van der Waals surface area contributed by atoms with E-state index >= 15 is 0 Å². The predicted molar refractivity (Wildman–Crippen MR) is 77.2 cm³/mol. The summed E-state index contributed by atoms with van der Waals surface area (Å²) in [6.07, 6.45) is 2.47. The normalized spacial score (nSPS) is 17.9. The molecule has 1 aliphatic rings. The Morgan fingerprint density at radius 3 is 2.78 bits per heavy atom. The average Bonchev–Trinajstić information content (AvgIpc) is 2.35. The van der Waals surface area contributed by atoms with Crippen molar-refractivity contribution in [3.63, 3.8) is 0 Å². The monoisotopic (exact) mass is 268 g/mol. The van der Waals surface area contributed by atoms with Crippen LogP contribution in [0.15, 0.2) is 12.1 Å². The molecule has 0 amide bonds. The highest BCUT2D eigenvalue weighted by Gasteiger charge is 2.19. The van der Waals surface area contributed by atoms with Gasteiger partial charge in [-0.05, 0) is 51.0 Å². The number of nitrogens with two attached hydrogens (primary N) is 1. The van der Waals surface area contributed by atoms with Gasteiger partial charge in [-0.2, -0.15) is 0 Å². The molecule has 1 saturated heterocycles. The van der Waals surface area contributed by atoms with Gasteiger partial charge in [0.25, 0.3) is 0 Å². The van der Waals surface area contributed by atoms with Gasteiger partial charge >= 0.3 is 0 Å². The summed E-state index contributed by atoms with van der Waals surface area (Å²) in [5, 5.41) is 0.495. The lowest BCUT2D eigenvalue weighted by Gasteiger charge is -2.32. The van der Waals surface area contributed by atoms with Gasteiger partial charge in [-0.1, -0.05) is 11.6 Å². The number of likely N-dealkylation sites (tertiary alicyclic amines) is 1. The molecule has 18 heavy (non-hydrogen) atoms. The standard InChI is InChI=1S/C13H21ClN4/c1-17-7-5-10(6-8-17)9-18(2)13-11(15)3-4-12(14)16-13/h3-4,10H,5-9,15H2,1-2H3. The summed E-state index contributed by atoms with van der Waals surface area (Å²) >= 11 is 5.92. The van der Waals surface area contributed by atoms with Crippen LogP contribution in [0.2, 0.25) is 5.15 Å². The van der Waals surface area contributed by atoms with E-state index in [4.69, 9.17) is 17.3 Å². The predicted octanol–water partition coefficient (Wildman–Crippen LogP) is 2.10. The first kappa shape index (κ1) is 13.4. The van der Waals surface area contributed by atoms with Crippen molar-refractivity contribution in [2.24, 2.45) is 5.92 Å². The third-order valence-electron chi connectivity index (χ3n) is 3.60. The van der Waals surface area contributed by atoms with E-state index in [0.717, 1.165) is 12.4 Å². The van der Waals surface area contributed by atoms with Gasteiger partial charge in [0, 0.05) is 13.6 Å². The Kier molecular flexibility index (Phi) is 4.30. The fourth-order valence-corrected chi connectivity index (χ4v) is 2.60. The van der Waals surface area contributed by atoms with E-state index in [1.54, 1.807) is 6.07 Å². The lowest BCUT2D eigenvalue weighted by Crippen LogP contribution is -2.36. The molecule has 1 aromatic rings. The topological polar surface area (TPSA) is 45.4 Å². The molecule has 0 aliphatic carbocycles. The minimum atomic E-state index is 0.495. The summed E-state index contributed by atoms with van der Waals surface area (Å²) in [6.45, 7) is 3.35. The number of nitrogen functional groups attached to an aromatic ring is 1. The molecule has 0 aromatic carbocycles. The smallest absolute Gasteiger partial charge is 0.153 e. The molecule has 4 nitrogen and oxygen atoms in total. The van der Waals surface area contributed by atoms with Crippen LogP contribution in [-0.2, 0) is 0 Å². The van der Waals surface area contributed by atoms with E-state index in [9.17, 15) is 0 Å². The van der Waals surface area contributed by atoms with Gasteiger partial charge in [-0.25, -0.2) is 4.98 Å². The number of piperidine rings is 1. The fraction of sp³-hybridized carbons (Fsp3) is 0.615. The number of halogens is 1. The average molecular weight is 269 g/mol. The Morgan fingerprint density at radius 2 is 2.11 bits per heavy atom. The number of anilines is 2. The van der Waals surface area contributed by atoms with E-state index in [-0.39, 0.29) is 0 Å². The number of nitrogens with zero attached hydrogens (tertiary/aromatic N) is 3. The Morgan fingerprint density at radius 1 is 1.44 bits per heavy atom. The van der Waals surface area contributed by atoms with Gasteiger partial charge in [0.05, 0.1) is 5.69 Å². The third kappa shape index (κ3) is 3.27. The van der Waals surface area contributed by atoms with Crippen LogP contribution in [0.5, 0.6) is 0 Å². The molecule has 0 atom stereocenters. The summed E-state index contributed by atoms with van der Waals surface area (Å²) in [4.78, 5) is 8.81. The molecule has 0 saturated carbocycles. The van der Waals surface area contributed by atoms with Gasteiger partial charge in [0.1, 0.15) is 5.15 Å². The first-order chi connectivity index (χ1) is 8.56. The summed E-state index contributed by atoms with van der Waals surface area (Å²) in [5.74, 6) is 1.51. The van der Waals surface area contributed by atoms with Gasteiger partial charge in [-0.3, -0.25) is 0 Å². The van der Waals surface area contributed by atoms with Crippen molar-refractivity contribution in [2.45, 2.75) is 12.8 Å². The first-order valence-corrected chi connectivity index (χ1v) is 6.75. The lowest BCUT2D eigenvalue weighted by atomic mass is 9.97. The summed E-state index contributed by atoms with van der Waals surface area (Å²) < 4.78 is 0. The Labute approximate surface area is 114 Å². The maximum atomic E-state index is 5.95. The number of hydrogen-bond acceptors (Lipinski definition) is 4. The van der Waals surface area contributed by atoms with E-state index in [1.165, 1.54) is 25.9 Å². The Balaban J connectivity index is 1.98. The van der Waals surface area contributed by atoms with Gasteiger partial charge in [0.15, 0.2) is 5.82 Å². The summed E-state index contributed by atoms with van der Waals surface area (Å²) in [7, 11) is 4.21. The molecule has 2 rings (SSSR count). The zero-order valence-corrected chi connectivity index (χ0v) is 11.8. The van der Waals surface area contributed by atoms with Crippen molar-refractivity contribution in [1.29, 1.82) is 0 Å². The van der Waals surface area contributed by atoms with Crippen LogP contribution < -0.4 is 10.6 Å². The van der Waals surface area contributed by atoms with Crippen LogP contribution in [0.3, 0.4) is 0 Å². The highest BCUT2D eigenvalue weighted by molar-refractivity contribution is 6.29. The molecule has 1 aromatic heterocycles. The minimum absolute atomic E-state index is 0.495. The molecular formula is C13H21ClN4. The van der Waals surface area contributed by atoms with Gasteiger partial charge in [-0.15, -0.1) is 0 Å². The second-order valence-corrected chi connectivity index (χ2v) is 5.56. The van der Waals surface area contributed by atoms with Crippen LogP contribution in [0.1, 0.15) is 12.8 Å². The molecule has 2 N–H and O–H groups in total. The Bertz CT molecular complexity index is 402. The Hall–Kier alpha value is -1.00. The highest BCUT2D eigenvalue weighted by Crippen LogP contribution is 2.24. The maximum Gasteiger partial charge on any atom is 0.153 e. The van der Waals surface area contributed by atoms with Crippen LogP contribution in [-0.4, -0.2) is 43.6 Å². The molecule has 0 unspecified atom stereocenters. The molecule has 0 bridgehead atoms. The van der Waals surface area contributed by atoms with Gasteiger partial charge in [0.2, 0.25) is 0 Å². The number of rotatable bonds is 3. The molecule has 0 spiro atoms.